The number of hydrogen-bond donors (Lipinski definition) is 1. The van der Waals surface area contributed by atoms with Gasteiger partial charge < -0.3 is 0 Å². The normalized spacial score (nSPS) is 10.0. The SMILES string of the molecule is Cc1cc(C(=O)S)cc(C)c1C. The van der Waals surface area contributed by atoms with E-state index in [1.54, 1.807) is 0 Å². The average Bonchev–Trinajstić information content (AvgIpc) is 1.99. The molecule has 0 saturated carbocycles. The van der Waals surface area contributed by atoms with Crippen molar-refractivity contribution in [3.63, 3.8) is 0 Å². The second-order valence-corrected chi connectivity index (χ2v) is 3.45. The van der Waals surface area contributed by atoms with Crippen LogP contribution in [0.3, 0.4) is 0 Å². The Morgan fingerprint density at radius 3 is 1.92 bits per heavy atom. The Morgan fingerprint density at radius 1 is 1.17 bits per heavy atom. The number of carbonyl (C=O) groups is 1. The van der Waals surface area contributed by atoms with E-state index in [0.29, 0.717) is 5.56 Å². The van der Waals surface area contributed by atoms with Crippen LogP contribution < -0.4 is 0 Å². The van der Waals surface area contributed by atoms with Crippen molar-refractivity contribution in [2.45, 2.75) is 20.8 Å². The molecule has 0 spiro atoms. The van der Waals surface area contributed by atoms with Gasteiger partial charge in [0.2, 0.25) is 5.12 Å². The first-order valence-electron chi connectivity index (χ1n) is 3.83. The quantitative estimate of drug-likeness (QED) is 0.657. The Kier molecular flexibility index (Phi) is 2.58. The summed E-state index contributed by atoms with van der Waals surface area (Å²) in [6.07, 6.45) is 0. The van der Waals surface area contributed by atoms with Crippen molar-refractivity contribution in [3.05, 3.63) is 34.4 Å². The largest absolute Gasteiger partial charge is 0.282 e. The Labute approximate surface area is 78.2 Å². The molecule has 1 rings (SSSR count). The number of aryl methyl sites for hydroxylation is 2. The summed E-state index contributed by atoms with van der Waals surface area (Å²) in [7, 11) is 0. The molecule has 0 N–H and O–H groups in total. The average molecular weight is 180 g/mol. The lowest BCUT2D eigenvalue weighted by Crippen LogP contribution is -1.94. The third-order valence-electron chi connectivity index (χ3n) is 2.17. The zero-order chi connectivity index (χ0) is 9.30. The van der Waals surface area contributed by atoms with Crippen LogP contribution >= 0.6 is 12.6 Å². The van der Waals surface area contributed by atoms with E-state index in [9.17, 15) is 4.79 Å². The minimum atomic E-state index is -0.166. The molecule has 0 radical (unpaired) electrons. The summed E-state index contributed by atoms with van der Waals surface area (Å²) in [5, 5.41) is -0.166. The standard InChI is InChI=1S/C10H12OS/c1-6-4-9(10(11)12)5-7(2)8(6)3/h4-5H,1-3H3,(H,11,12). The van der Waals surface area contributed by atoms with Crippen molar-refractivity contribution in [2.24, 2.45) is 0 Å². The van der Waals surface area contributed by atoms with E-state index in [4.69, 9.17) is 0 Å². The van der Waals surface area contributed by atoms with Gasteiger partial charge in [-0.1, -0.05) is 0 Å². The summed E-state index contributed by atoms with van der Waals surface area (Å²) in [5.41, 5.74) is 4.21. The lowest BCUT2D eigenvalue weighted by atomic mass is 10.0. The van der Waals surface area contributed by atoms with Crippen LogP contribution in [0.4, 0.5) is 0 Å². The van der Waals surface area contributed by atoms with Gasteiger partial charge >= 0.3 is 0 Å². The highest BCUT2D eigenvalue weighted by Crippen LogP contribution is 2.16. The highest BCUT2D eigenvalue weighted by Gasteiger charge is 2.04. The Morgan fingerprint density at radius 2 is 1.58 bits per heavy atom. The summed E-state index contributed by atoms with van der Waals surface area (Å²) in [5.74, 6) is 0. The molecule has 0 aliphatic heterocycles. The third-order valence-corrected chi connectivity index (χ3v) is 2.43. The fourth-order valence-corrected chi connectivity index (χ4v) is 1.29. The number of thiol groups is 1. The molecule has 0 heterocycles. The lowest BCUT2D eigenvalue weighted by Gasteiger charge is -2.05. The summed E-state index contributed by atoms with van der Waals surface area (Å²) in [6, 6.07) is 3.75. The second-order valence-electron chi connectivity index (χ2n) is 3.04. The van der Waals surface area contributed by atoms with E-state index >= 15 is 0 Å². The molecule has 0 saturated heterocycles. The molecule has 1 nitrogen and oxygen atoms in total. The predicted molar refractivity (Wildman–Crippen MR) is 54.0 cm³/mol. The zero-order valence-corrected chi connectivity index (χ0v) is 8.40. The summed E-state index contributed by atoms with van der Waals surface area (Å²) in [4.78, 5) is 10.9. The first-order valence-corrected chi connectivity index (χ1v) is 4.28. The second kappa shape index (κ2) is 3.31. The fraction of sp³-hybridized carbons (Fsp3) is 0.300. The Bertz CT molecular complexity index is 306. The lowest BCUT2D eigenvalue weighted by molar-refractivity contribution is 0.109. The monoisotopic (exact) mass is 180 g/mol. The summed E-state index contributed by atoms with van der Waals surface area (Å²) < 4.78 is 0. The molecule has 2 heteroatoms. The maximum absolute atomic E-state index is 10.9. The van der Waals surface area contributed by atoms with Crippen molar-refractivity contribution < 1.29 is 4.79 Å². The zero-order valence-electron chi connectivity index (χ0n) is 7.51. The number of rotatable bonds is 1. The minimum Gasteiger partial charge on any atom is -0.282 e. The van der Waals surface area contributed by atoms with E-state index in [1.165, 1.54) is 5.56 Å². The van der Waals surface area contributed by atoms with E-state index < -0.39 is 0 Å². The minimum absolute atomic E-state index is 0.166. The van der Waals surface area contributed by atoms with Gasteiger partial charge in [-0.3, -0.25) is 4.79 Å². The van der Waals surface area contributed by atoms with Crippen molar-refractivity contribution in [1.29, 1.82) is 0 Å². The van der Waals surface area contributed by atoms with Crippen LogP contribution in [0, 0.1) is 20.8 Å². The van der Waals surface area contributed by atoms with Crippen LogP contribution in [0.25, 0.3) is 0 Å². The Balaban J connectivity index is 3.31. The van der Waals surface area contributed by atoms with Gasteiger partial charge in [0.05, 0.1) is 0 Å². The van der Waals surface area contributed by atoms with Crippen molar-refractivity contribution in [1.82, 2.24) is 0 Å². The molecule has 0 fully saturated rings. The van der Waals surface area contributed by atoms with Gasteiger partial charge in [-0.05, 0) is 49.6 Å². The highest BCUT2D eigenvalue weighted by atomic mass is 32.1. The van der Waals surface area contributed by atoms with E-state index in [0.717, 1.165) is 11.1 Å². The summed E-state index contributed by atoms with van der Waals surface area (Å²) in [6.45, 7) is 6.06. The van der Waals surface area contributed by atoms with Gasteiger partial charge in [0.25, 0.3) is 0 Å². The number of hydrogen-bond acceptors (Lipinski definition) is 1. The van der Waals surface area contributed by atoms with Crippen LogP contribution in [-0.4, -0.2) is 5.12 Å². The molecule has 12 heavy (non-hydrogen) atoms. The Hall–Kier alpha value is -0.760. The molecule has 0 bridgehead atoms. The molecule has 1 aromatic rings. The highest BCUT2D eigenvalue weighted by molar-refractivity contribution is 7.97. The molecule has 0 aliphatic carbocycles. The van der Waals surface area contributed by atoms with E-state index in [-0.39, 0.29) is 5.12 Å². The molecule has 0 aromatic heterocycles. The summed E-state index contributed by atoms with van der Waals surface area (Å²) >= 11 is 3.78. The molecule has 0 amide bonds. The maximum Gasteiger partial charge on any atom is 0.216 e. The van der Waals surface area contributed by atoms with E-state index in [1.807, 2.05) is 26.0 Å². The smallest absolute Gasteiger partial charge is 0.216 e. The fourth-order valence-electron chi connectivity index (χ4n) is 1.16. The van der Waals surface area contributed by atoms with Gasteiger partial charge in [0.1, 0.15) is 0 Å². The van der Waals surface area contributed by atoms with Crippen LogP contribution in [0.15, 0.2) is 12.1 Å². The van der Waals surface area contributed by atoms with Gasteiger partial charge in [-0.2, -0.15) is 0 Å². The predicted octanol–water partition coefficient (Wildman–Crippen LogP) is 2.68. The van der Waals surface area contributed by atoms with Gasteiger partial charge in [-0.25, -0.2) is 0 Å². The van der Waals surface area contributed by atoms with Crippen molar-refractivity contribution >= 4 is 17.7 Å². The van der Waals surface area contributed by atoms with Crippen LogP contribution in [0.2, 0.25) is 0 Å². The molecule has 0 atom stereocenters. The first-order chi connectivity index (χ1) is 5.52. The third kappa shape index (κ3) is 1.69. The van der Waals surface area contributed by atoms with Crippen LogP contribution in [0.5, 0.6) is 0 Å². The molecule has 1 aromatic carbocycles. The molecule has 0 aliphatic rings. The van der Waals surface area contributed by atoms with Gasteiger partial charge in [-0.15, -0.1) is 12.6 Å². The topological polar surface area (TPSA) is 17.1 Å². The molecule has 64 valence electrons. The first kappa shape index (κ1) is 9.33. The van der Waals surface area contributed by atoms with Gasteiger partial charge in [0, 0.05) is 5.56 Å². The molecular weight excluding hydrogens is 168 g/mol. The van der Waals surface area contributed by atoms with Crippen molar-refractivity contribution in [3.8, 4) is 0 Å². The van der Waals surface area contributed by atoms with Gasteiger partial charge in [0.15, 0.2) is 0 Å². The van der Waals surface area contributed by atoms with Crippen LogP contribution in [-0.2, 0) is 0 Å². The number of carbonyl (C=O) groups excluding carboxylic acids is 1. The molecule has 0 unspecified atom stereocenters. The van der Waals surface area contributed by atoms with Crippen molar-refractivity contribution in [2.75, 3.05) is 0 Å². The van der Waals surface area contributed by atoms with E-state index in [2.05, 4.69) is 19.6 Å². The number of benzene rings is 1. The maximum atomic E-state index is 10.9. The molecular formula is C10H12OS. The van der Waals surface area contributed by atoms with Crippen LogP contribution in [0.1, 0.15) is 27.0 Å².